The summed E-state index contributed by atoms with van der Waals surface area (Å²) in [7, 11) is 0. The minimum atomic E-state index is -0.456. The normalized spacial score (nSPS) is 20.6. The molecule has 5 nitrogen and oxygen atoms in total. The zero-order valence-corrected chi connectivity index (χ0v) is 10.9. The second kappa shape index (κ2) is 5.48. The summed E-state index contributed by atoms with van der Waals surface area (Å²) in [6, 6.07) is 0.571. The number of aromatic nitrogens is 2. The van der Waals surface area contributed by atoms with Gasteiger partial charge in [-0.25, -0.2) is 9.37 Å². The van der Waals surface area contributed by atoms with Crippen LogP contribution in [0.2, 0.25) is 0 Å². The Hall–Kier alpha value is -1.43. The van der Waals surface area contributed by atoms with Crippen molar-refractivity contribution in [2.75, 3.05) is 30.7 Å². The molecule has 0 amide bonds. The number of nitrogens with two attached hydrogens (primary N) is 1. The van der Waals surface area contributed by atoms with E-state index in [1.54, 1.807) is 0 Å². The van der Waals surface area contributed by atoms with Crippen molar-refractivity contribution in [2.45, 2.75) is 26.3 Å². The molecule has 1 aromatic rings. The highest BCUT2D eigenvalue weighted by atomic mass is 19.1. The van der Waals surface area contributed by atoms with Crippen molar-refractivity contribution < 1.29 is 4.39 Å². The van der Waals surface area contributed by atoms with Crippen molar-refractivity contribution in [3.63, 3.8) is 0 Å². The second-order valence-corrected chi connectivity index (χ2v) is 5.05. The van der Waals surface area contributed by atoms with Crippen LogP contribution in [0.3, 0.4) is 0 Å². The zero-order valence-electron chi connectivity index (χ0n) is 10.9. The molecule has 0 aromatic carbocycles. The molecule has 0 saturated carbocycles. The molecule has 0 spiro atoms. The minimum Gasteiger partial charge on any atom is -0.368 e. The number of likely N-dealkylation sites (tertiary alicyclic amines) is 1. The van der Waals surface area contributed by atoms with Gasteiger partial charge in [0, 0.05) is 19.1 Å². The van der Waals surface area contributed by atoms with E-state index in [1.807, 2.05) is 0 Å². The van der Waals surface area contributed by atoms with Crippen LogP contribution < -0.4 is 11.1 Å². The molecular weight excluding hydrogens is 233 g/mol. The molecule has 1 saturated heterocycles. The first-order valence-electron chi connectivity index (χ1n) is 6.32. The van der Waals surface area contributed by atoms with Crippen LogP contribution in [0.1, 0.15) is 20.3 Å². The lowest BCUT2D eigenvalue weighted by molar-refractivity contribution is 0.266. The van der Waals surface area contributed by atoms with Crippen LogP contribution in [-0.2, 0) is 0 Å². The lowest BCUT2D eigenvalue weighted by Crippen LogP contribution is -2.29. The molecule has 1 aliphatic rings. The Kier molecular flexibility index (Phi) is 3.96. The number of rotatable bonds is 4. The predicted octanol–water partition coefficient (Wildman–Crippen LogP) is 1.34. The maximum atomic E-state index is 13.4. The number of hydrogen-bond donors (Lipinski definition) is 2. The summed E-state index contributed by atoms with van der Waals surface area (Å²) in [6.45, 7) is 7.27. The summed E-state index contributed by atoms with van der Waals surface area (Å²) in [5, 5.41) is 3.02. The van der Waals surface area contributed by atoms with E-state index in [2.05, 4.69) is 34.0 Å². The molecular formula is C12H20FN5. The van der Waals surface area contributed by atoms with Gasteiger partial charge in [0.25, 0.3) is 0 Å². The molecule has 0 radical (unpaired) electrons. The fourth-order valence-corrected chi connectivity index (χ4v) is 2.24. The Bertz CT molecular complexity index is 409. The van der Waals surface area contributed by atoms with Gasteiger partial charge in [0.1, 0.15) is 0 Å². The van der Waals surface area contributed by atoms with Crippen molar-refractivity contribution in [3.8, 4) is 0 Å². The number of nitrogens with one attached hydrogen (secondary N) is 1. The molecule has 100 valence electrons. The van der Waals surface area contributed by atoms with Crippen LogP contribution in [0.15, 0.2) is 6.20 Å². The summed E-state index contributed by atoms with van der Waals surface area (Å²) in [4.78, 5) is 9.88. The molecule has 6 heteroatoms. The average Bonchev–Trinajstić information content (AvgIpc) is 2.79. The first-order chi connectivity index (χ1) is 8.56. The van der Waals surface area contributed by atoms with E-state index in [1.165, 1.54) is 0 Å². The summed E-state index contributed by atoms with van der Waals surface area (Å²) < 4.78 is 13.4. The van der Waals surface area contributed by atoms with Gasteiger partial charge in [0.2, 0.25) is 5.95 Å². The molecule has 1 aliphatic heterocycles. The van der Waals surface area contributed by atoms with E-state index in [0.29, 0.717) is 12.0 Å². The lowest BCUT2D eigenvalue weighted by Gasteiger charge is -2.20. The third-order valence-corrected chi connectivity index (χ3v) is 3.37. The molecule has 2 heterocycles. The maximum Gasteiger partial charge on any atom is 0.222 e. The fourth-order valence-electron chi connectivity index (χ4n) is 2.24. The van der Waals surface area contributed by atoms with E-state index in [9.17, 15) is 4.39 Å². The lowest BCUT2D eigenvalue weighted by atomic mass is 10.1. The first-order valence-corrected chi connectivity index (χ1v) is 6.32. The van der Waals surface area contributed by atoms with Crippen LogP contribution >= 0.6 is 0 Å². The third-order valence-electron chi connectivity index (χ3n) is 3.37. The molecule has 18 heavy (non-hydrogen) atoms. The van der Waals surface area contributed by atoms with Gasteiger partial charge >= 0.3 is 0 Å². The molecule has 3 N–H and O–H groups in total. The van der Waals surface area contributed by atoms with E-state index < -0.39 is 5.82 Å². The Labute approximate surface area is 107 Å². The molecule has 1 aromatic heterocycles. The van der Waals surface area contributed by atoms with E-state index >= 15 is 0 Å². The Morgan fingerprint density at radius 2 is 2.39 bits per heavy atom. The fraction of sp³-hybridized carbons (Fsp3) is 0.667. The highest BCUT2D eigenvalue weighted by Crippen LogP contribution is 2.19. The monoisotopic (exact) mass is 253 g/mol. The van der Waals surface area contributed by atoms with Crippen molar-refractivity contribution in [3.05, 3.63) is 12.0 Å². The highest BCUT2D eigenvalue weighted by molar-refractivity contribution is 5.39. The zero-order chi connectivity index (χ0) is 13.1. The van der Waals surface area contributed by atoms with Gasteiger partial charge in [-0.1, -0.05) is 0 Å². The third kappa shape index (κ3) is 3.07. The van der Waals surface area contributed by atoms with Gasteiger partial charge in [-0.05, 0) is 32.7 Å². The summed E-state index contributed by atoms with van der Waals surface area (Å²) in [6.07, 6.45) is 2.23. The van der Waals surface area contributed by atoms with Crippen molar-refractivity contribution in [1.82, 2.24) is 14.9 Å². The Morgan fingerprint density at radius 1 is 1.61 bits per heavy atom. The number of nitrogen functional groups attached to an aromatic ring is 1. The maximum absolute atomic E-state index is 13.4. The van der Waals surface area contributed by atoms with E-state index in [-0.39, 0.29) is 11.8 Å². The summed E-state index contributed by atoms with van der Waals surface area (Å²) in [5.41, 5.74) is 5.44. The summed E-state index contributed by atoms with van der Waals surface area (Å²) in [5.74, 6) is 0.366. The van der Waals surface area contributed by atoms with Gasteiger partial charge in [0.15, 0.2) is 11.6 Å². The van der Waals surface area contributed by atoms with Gasteiger partial charge in [-0.3, -0.25) is 0 Å². The smallest absolute Gasteiger partial charge is 0.222 e. The van der Waals surface area contributed by atoms with E-state index in [0.717, 1.165) is 32.3 Å². The van der Waals surface area contributed by atoms with Gasteiger partial charge in [-0.2, -0.15) is 4.98 Å². The highest BCUT2D eigenvalue weighted by Gasteiger charge is 2.24. The van der Waals surface area contributed by atoms with Crippen LogP contribution in [0.5, 0.6) is 0 Å². The largest absolute Gasteiger partial charge is 0.368 e. The molecule has 1 unspecified atom stereocenters. The number of hydrogen-bond acceptors (Lipinski definition) is 5. The van der Waals surface area contributed by atoms with Crippen LogP contribution in [0, 0.1) is 11.7 Å². The predicted molar refractivity (Wildman–Crippen MR) is 69.7 cm³/mol. The molecule has 1 fully saturated rings. The minimum absolute atomic E-state index is 0.0918. The molecule has 2 rings (SSSR count). The van der Waals surface area contributed by atoms with Crippen LogP contribution in [0.4, 0.5) is 16.2 Å². The first kappa shape index (κ1) is 13.0. The van der Waals surface area contributed by atoms with Gasteiger partial charge in [-0.15, -0.1) is 0 Å². The molecule has 0 bridgehead atoms. The SMILES string of the molecule is CC(C)N1CCC(CNc2nc(N)ncc2F)C1. The van der Waals surface area contributed by atoms with Gasteiger partial charge < -0.3 is 16.0 Å². The van der Waals surface area contributed by atoms with Crippen LogP contribution in [-0.4, -0.2) is 40.5 Å². The molecule has 0 aliphatic carbocycles. The second-order valence-electron chi connectivity index (χ2n) is 5.05. The average molecular weight is 253 g/mol. The topological polar surface area (TPSA) is 67.1 Å². The number of halogens is 1. The van der Waals surface area contributed by atoms with Crippen molar-refractivity contribution in [2.24, 2.45) is 5.92 Å². The van der Waals surface area contributed by atoms with Crippen molar-refractivity contribution >= 4 is 11.8 Å². The number of anilines is 2. The Morgan fingerprint density at radius 3 is 3.06 bits per heavy atom. The van der Waals surface area contributed by atoms with Crippen molar-refractivity contribution in [1.29, 1.82) is 0 Å². The summed E-state index contributed by atoms with van der Waals surface area (Å²) >= 11 is 0. The van der Waals surface area contributed by atoms with Gasteiger partial charge in [0.05, 0.1) is 6.20 Å². The molecule has 1 atom stereocenters. The number of nitrogens with zero attached hydrogens (tertiary/aromatic N) is 3. The Balaban J connectivity index is 1.87. The van der Waals surface area contributed by atoms with Crippen LogP contribution in [0.25, 0.3) is 0 Å². The van der Waals surface area contributed by atoms with E-state index in [4.69, 9.17) is 5.73 Å². The standard InChI is InChI=1S/C12H20FN5/c1-8(2)18-4-3-9(7-18)5-15-11-10(13)6-16-12(14)17-11/h6,8-9H,3-5,7H2,1-2H3,(H3,14,15,16,17). The quantitative estimate of drug-likeness (QED) is 0.847.